The number of carbonyl (C=O) groups excluding carboxylic acids is 1. The van der Waals surface area contributed by atoms with Crippen molar-refractivity contribution >= 4 is 5.91 Å². The van der Waals surface area contributed by atoms with Gasteiger partial charge in [-0.1, -0.05) is 6.92 Å². The molecule has 0 radical (unpaired) electrons. The summed E-state index contributed by atoms with van der Waals surface area (Å²) in [5.74, 6) is 0.130. The van der Waals surface area contributed by atoms with Gasteiger partial charge in [0.25, 0.3) is 0 Å². The van der Waals surface area contributed by atoms with Gasteiger partial charge in [-0.2, -0.15) is 0 Å². The third-order valence-electron chi connectivity index (χ3n) is 3.68. The summed E-state index contributed by atoms with van der Waals surface area (Å²) < 4.78 is 5.17. The van der Waals surface area contributed by atoms with Crippen LogP contribution in [0, 0.1) is 5.41 Å². The van der Waals surface area contributed by atoms with E-state index in [9.17, 15) is 4.79 Å². The number of nitrogens with zero attached hydrogens (tertiary/aromatic N) is 2. The minimum atomic E-state index is -0.261. The highest BCUT2D eigenvalue weighted by Gasteiger charge is 2.44. The van der Waals surface area contributed by atoms with E-state index in [1.807, 2.05) is 11.9 Å². The van der Waals surface area contributed by atoms with Crippen LogP contribution in [0.25, 0.3) is 0 Å². The first-order valence-corrected chi connectivity index (χ1v) is 5.98. The Kier molecular flexibility index (Phi) is 3.47. The van der Waals surface area contributed by atoms with Gasteiger partial charge in [0, 0.05) is 26.2 Å². The van der Waals surface area contributed by atoms with E-state index in [0.29, 0.717) is 13.2 Å². The quantitative estimate of drug-likeness (QED) is 0.718. The largest absolute Gasteiger partial charge is 0.379 e. The summed E-state index contributed by atoms with van der Waals surface area (Å²) in [5.41, 5.74) is 2.76. The molecule has 2 fully saturated rings. The van der Waals surface area contributed by atoms with Gasteiger partial charge in [-0.3, -0.25) is 10.2 Å². The summed E-state index contributed by atoms with van der Waals surface area (Å²) in [6.45, 7) is 7.02. The van der Waals surface area contributed by atoms with Crippen LogP contribution in [0.3, 0.4) is 0 Å². The van der Waals surface area contributed by atoms with Crippen molar-refractivity contribution in [2.75, 3.05) is 46.4 Å². The number of hydrogen-bond acceptors (Lipinski definition) is 4. The normalized spacial score (nSPS) is 26.1. The van der Waals surface area contributed by atoms with Crippen molar-refractivity contribution in [3.63, 3.8) is 0 Å². The molecule has 5 heteroatoms. The van der Waals surface area contributed by atoms with E-state index in [2.05, 4.69) is 17.4 Å². The molecule has 16 heavy (non-hydrogen) atoms. The lowest BCUT2D eigenvalue weighted by Gasteiger charge is -2.41. The molecular weight excluding hydrogens is 206 g/mol. The number of piperazine rings is 1. The van der Waals surface area contributed by atoms with Gasteiger partial charge in [0.05, 0.1) is 18.6 Å². The van der Waals surface area contributed by atoms with Crippen LogP contribution >= 0.6 is 0 Å². The molecule has 92 valence electrons. The average Bonchev–Trinajstić information content (AvgIpc) is 2.21. The second-order valence-electron chi connectivity index (χ2n) is 4.86. The molecule has 2 rings (SSSR count). The molecule has 2 saturated heterocycles. The fourth-order valence-electron chi connectivity index (χ4n) is 2.02. The van der Waals surface area contributed by atoms with E-state index in [0.717, 1.165) is 32.6 Å². The van der Waals surface area contributed by atoms with Crippen molar-refractivity contribution in [3.05, 3.63) is 0 Å². The Balaban J connectivity index is 1.83. The number of rotatable bonds is 3. The molecule has 0 saturated carbocycles. The number of hydrazine groups is 1. The Bertz CT molecular complexity index is 252. The van der Waals surface area contributed by atoms with E-state index in [1.54, 1.807) is 0 Å². The van der Waals surface area contributed by atoms with Crippen LogP contribution in [0.15, 0.2) is 0 Å². The topological polar surface area (TPSA) is 44.8 Å². The third kappa shape index (κ3) is 2.21. The first-order valence-electron chi connectivity index (χ1n) is 5.98. The zero-order valence-corrected chi connectivity index (χ0v) is 10.2. The van der Waals surface area contributed by atoms with E-state index >= 15 is 0 Å². The molecule has 1 N–H and O–H groups in total. The number of likely N-dealkylation sites (N-methyl/N-ethyl adjacent to an activating group) is 1. The highest BCUT2D eigenvalue weighted by Crippen LogP contribution is 2.31. The minimum Gasteiger partial charge on any atom is -0.379 e. The van der Waals surface area contributed by atoms with Crippen LogP contribution in [0.4, 0.5) is 0 Å². The number of hydrogen-bond donors (Lipinski definition) is 1. The molecule has 1 amide bonds. The standard InChI is InChI=1S/C11H21N3O2/c1-3-11(8-16-9-11)10(15)12-14-6-4-13(2)5-7-14/h3-9H2,1-2H3,(H,12,15). The summed E-state index contributed by atoms with van der Waals surface area (Å²) in [6, 6.07) is 0. The van der Waals surface area contributed by atoms with Crippen molar-refractivity contribution in [2.24, 2.45) is 5.41 Å². The van der Waals surface area contributed by atoms with Crippen LogP contribution < -0.4 is 5.43 Å². The Labute approximate surface area is 96.7 Å². The fraction of sp³-hybridized carbons (Fsp3) is 0.909. The molecular formula is C11H21N3O2. The van der Waals surface area contributed by atoms with Gasteiger partial charge in [-0.15, -0.1) is 0 Å². The zero-order valence-electron chi connectivity index (χ0n) is 10.2. The number of nitrogens with one attached hydrogen (secondary N) is 1. The van der Waals surface area contributed by atoms with Crippen LogP contribution in [0.2, 0.25) is 0 Å². The van der Waals surface area contributed by atoms with E-state index in [-0.39, 0.29) is 11.3 Å². The van der Waals surface area contributed by atoms with Crippen molar-refractivity contribution in [2.45, 2.75) is 13.3 Å². The lowest BCUT2D eigenvalue weighted by atomic mass is 9.82. The smallest absolute Gasteiger partial charge is 0.245 e. The summed E-state index contributed by atoms with van der Waals surface area (Å²) in [6.07, 6.45) is 0.854. The van der Waals surface area contributed by atoms with Gasteiger partial charge in [-0.25, -0.2) is 5.01 Å². The Morgan fingerprint density at radius 3 is 2.38 bits per heavy atom. The fourth-order valence-corrected chi connectivity index (χ4v) is 2.02. The lowest BCUT2D eigenvalue weighted by molar-refractivity contribution is -0.167. The SMILES string of the molecule is CCC1(C(=O)NN2CCN(C)CC2)COC1. The van der Waals surface area contributed by atoms with E-state index < -0.39 is 0 Å². The monoisotopic (exact) mass is 227 g/mol. The minimum absolute atomic E-state index is 0.130. The molecule has 2 aliphatic rings. The predicted molar refractivity (Wildman–Crippen MR) is 60.8 cm³/mol. The molecule has 0 aliphatic carbocycles. The summed E-state index contributed by atoms with van der Waals surface area (Å²) in [5, 5.41) is 2.03. The van der Waals surface area contributed by atoms with Gasteiger partial charge in [0.1, 0.15) is 0 Å². The maximum Gasteiger partial charge on any atom is 0.245 e. The van der Waals surface area contributed by atoms with Gasteiger partial charge >= 0.3 is 0 Å². The summed E-state index contributed by atoms with van der Waals surface area (Å²) >= 11 is 0. The van der Waals surface area contributed by atoms with Crippen molar-refractivity contribution in [1.82, 2.24) is 15.3 Å². The highest BCUT2D eigenvalue weighted by molar-refractivity contribution is 5.83. The van der Waals surface area contributed by atoms with Gasteiger partial charge in [0.2, 0.25) is 5.91 Å². The summed E-state index contributed by atoms with van der Waals surface area (Å²) in [4.78, 5) is 14.4. The first kappa shape index (κ1) is 11.8. The maximum atomic E-state index is 12.1. The third-order valence-corrected chi connectivity index (χ3v) is 3.68. The molecule has 0 atom stereocenters. The molecule has 0 unspecified atom stereocenters. The van der Waals surface area contributed by atoms with Gasteiger partial charge in [-0.05, 0) is 13.5 Å². The van der Waals surface area contributed by atoms with Crippen LogP contribution in [-0.2, 0) is 9.53 Å². The Hall–Kier alpha value is -0.650. The lowest BCUT2D eigenvalue weighted by Crippen LogP contribution is -2.60. The molecule has 2 aliphatic heterocycles. The van der Waals surface area contributed by atoms with Crippen LogP contribution in [-0.4, -0.2) is 62.3 Å². The molecule has 0 aromatic rings. The number of ether oxygens (including phenoxy) is 1. The Morgan fingerprint density at radius 2 is 1.94 bits per heavy atom. The molecule has 0 aromatic heterocycles. The first-order chi connectivity index (χ1) is 7.66. The second-order valence-corrected chi connectivity index (χ2v) is 4.86. The average molecular weight is 227 g/mol. The molecule has 0 spiro atoms. The number of carbonyl (C=O) groups is 1. The molecule has 2 heterocycles. The van der Waals surface area contributed by atoms with Crippen LogP contribution in [0.5, 0.6) is 0 Å². The number of amides is 1. The van der Waals surface area contributed by atoms with Crippen molar-refractivity contribution in [3.8, 4) is 0 Å². The Morgan fingerprint density at radius 1 is 1.31 bits per heavy atom. The van der Waals surface area contributed by atoms with Gasteiger partial charge < -0.3 is 9.64 Å². The zero-order chi connectivity index (χ0) is 11.6. The molecule has 5 nitrogen and oxygen atoms in total. The van der Waals surface area contributed by atoms with Gasteiger partial charge in [0.15, 0.2) is 0 Å². The highest BCUT2D eigenvalue weighted by atomic mass is 16.5. The molecule has 0 aromatic carbocycles. The van der Waals surface area contributed by atoms with Crippen LogP contribution in [0.1, 0.15) is 13.3 Å². The second kappa shape index (κ2) is 4.69. The van der Waals surface area contributed by atoms with Crippen molar-refractivity contribution < 1.29 is 9.53 Å². The predicted octanol–water partition coefficient (Wildman–Crippen LogP) is -0.308. The maximum absolute atomic E-state index is 12.1. The van der Waals surface area contributed by atoms with Crippen molar-refractivity contribution in [1.29, 1.82) is 0 Å². The van der Waals surface area contributed by atoms with E-state index in [4.69, 9.17) is 4.74 Å². The molecule has 0 bridgehead atoms. The van der Waals surface area contributed by atoms with E-state index in [1.165, 1.54) is 0 Å². The summed E-state index contributed by atoms with van der Waals surface area (Å²) in [7, 11) is 2.10.